The van der Waals surface area contributed by atoms with Gasteiger partial charge in [0.1, 0.15) is 28.1 Å². The molecule has 0 spiro atoms. The number of halogens is 2. The van der Waals surface area contributed by atoms with Gasteiger partial charge in [0.2, 0.25) is 0 Å². The Kier molecular flexibility index (Phi) is 4.58. The highest BCUT2D eigenvalue weighted by atomic mass is 32.1. The molecule has 27 heavy (non-hydrogen) atoms. The van der Waals surface area contributed by atoms with Crippen LogP contribution in [0.4, 0.5) is 20.3 Å². The first-order valence-electron chi connectivity index (χ1n) is 8.54. The molecule has 0 saturated carbocycles. The summed E-state index contributed by atoms with van der Waals surface area (Å²) in [7, 11) is 0. The summed E-state index contributed by atoms with van der Waals surface area (Å²) in [5, 5.41) is 3.91. The molecule has 0 atom stereocenters. The van der Waals surface area contributed by atoms with E-state index in [1.807, 2.05) is 44.2 Å². The molecular formula is C21H17F2N3S. The number of thiophene rings is 1. The third-order valence-electron chi connectivity index (χ3n) is 4.46. The Hall–Kier alpha value is -2.86. The maximum absolute atomic E-state index is 14.1. The van der Waals surface area contributed by atoms with E-state index in [0.717, 1.165) is 32.3 Å². The third kappa shape index (κ3) is 3.53. The van der Waals surface area contributed by atoms with Crippen molar-refractivity contribution in [2.45, 2.75) is 20.3 Å². The van der Waals surface area contributed by atoms with Crippen LogP contribution in [0.2, 0.25) is 0 Å². The number of hydrogen-bond acceptors (Lipinski definition) is 4. The molecule has 2 aromatic carbocycles. The number of rotatable bonds is 4. The predicted octanol–water partition coefficient (Wildman–Crippen LogP) is 5.92. The van der Waals surface area contributed by atoms with Gasteiger partial charge in [-0.15, -0.1) is 11.3 Å². The summed E-state index contributed by atoms with van der Waals surface area (Å²) in [6.45, 7) is 4.03. The molecule has 2 aromatic heterocycles. The number of nitrogens with one attached hydrogen (secondary N) is 1. The van der Waals surface area contributed by atoms with Gasteiger partial charge in [-0.2, -0.15) is 0 Å². The molecule has 136 valence electrons. The fraction of sp³-hybridized carbons (Fsp3) is 0.143. The number of nitrogens with zero attached hydrogens (tertiary/aromatic N) is 2. The molecule has 0 unspecified atom stereocenters. The van der Waals surface area contributed by atoms with E-state index in [2.05, 4.69) is 10.3 Å². The number of aromatic nitrogens is 2. The number of aryl methyl sites for hydroxylation is 2. The van der Waals surface area contributed by atoms with Crippen molar-refractivity contribution in [1.29, 1.82) is 0 Å². The van der Waals surface area contributed by atoms with E-state index in [4.69, 9.17) is 4.98 Å². The number of hydrogen-bond donors (Lipinski definition) is 1. The maximum Gasteiger partial charge on any atom is 0.149 e. The molecule has 3 nitrogen and oxygen atoms in total. The molecule has 4 aromatic rings. The number of fused-ring (bicyclic) bond motifs is 1. The number of anilines is 2. The van der Waals surface area contributed by atoms with Crippen LogP contribution in [-0.2, 0) is 6.42 Å². The second kappa shape index (κ2) is 7.04. The highest BCUT2D eigenvalue weighted by Crippen LogP contribution is 2.35. The molecule has 4 rings (SSSR count). The fourth-order valence-corrected chi connectivity index (χ4v) is 4.01. The quantitative estimate of drug-likeness (QED) is 0.477. The van der Waals surface area contributed by atoms with Gasteiger partial charge in [0.05, 0.1) is 11.1 Å². The first kappa shape index (κ1) is 17.5. The lowest BCUT2D eigenvalue weighted by Crippen LogP contribution is -2.03. The van der Waals surface area contributed by atoms with Gasteiger partial charge in [-0.05, 0) is 37.1 Å². The van der Waals surface area contributed by atoms with Crippen molar-refractivity contribution in [3.05, 3.63) is 82.0 Å². The van der Waals surface area contributed by atoms with E-state index >= 15 is 0 Å². The summed E-state index contributed by atoms with van der Waals surface area (Å²) in [5.74, 6) is -0.0764. The number of benzene rings is 2. The molecule has 0 aliphatic carbocycles. The summed E-state index contributed by atoms with van der Waals surface area (Å²) in [6, 6.07) is 13.4. The second-order valence-corrected chi connectivity index (χ2v) is 7.57. The van der Waals surface area contributed by atoms with Crippen LogP contribution in [0, 0.1) is 25.5 Å². The first-order chi connectivity index (χ1) is 13.0. The van der Waals surface area contributed by atoms with E-state index in [1.54, 1.807) is 11.3 Å². The van der Waals surface area contributed by atoms with E-state index < -0.39 is 11.6 Å². The smallest absolute Gasteiger partial charge is 0.149 e. The van der Waals surface area contributed by atoms with E-state index in [1.165, 1.54) is 12.1 Å². The van der Waals surface area contributed by atoms with Crippen molar-refractivity contribution in [3.8, 4) is 0 Å². The SMILES string of the molecule is Cc1sc2nc(Cc3ccccc3)nc(Nc3ccc(F)cc3F)c2c1C. The van der Waals surface area contributed by atoms with Crippen molar-refractivity contribution < 1.29 is 8.78 Å². The monoisotopic (exact) mass is 381 g/mol. The van der Waals surface area contributed by atoms with Gasteiger partial charge < -0.3 is 5.32 Å². The molecule has 6 heteroatoms. The molecular weight excluding hydrogens is 364 g/mol. The minimum absolute atomic E-state index is 0.185. The van der Waals surface area contributed by atoms with Crippen molar-refractivity contribution in [2.75, 3.05) is 5.32 Å². The molecule has 0 saturated heterocycles. The Morgan fingerprint density at radius 1 is 1.00 bits per heavy atom. The van der Waals surface area contributed by atoms with Crippen molar-refractivity contribution in [2.24, 2.45) is 0 Å². The largest absolute Gasteiger partial charge is 0.337 e. The zero-order chi connectivity index (χ0) is 19.0. The normalized spacial score (nSPS) is 11.1. The van der Waals surface area contributed by atoms with Crippen molar-refractivity contribution in [3.63, 3.8) is 0 Å². The van der Waals surface area contributed by atoms with Gasteiger partial charge in [-0.1, -0.05) is 30.3 Å². The highest BCUT2D eigenvalue weighted by molar-refractivity contribution is 7.18. The van der Waals surface area contributed by atoms with Crippen LogP contribution < -0.4 is 5.32 Å². The molecule has 0 radical (unpaired) electrons. The average molecular weight is 381 g/mol. The summed E-state index contributed by atoms with van der Waals surface area (Å²) < 4.78 is 27.4. The Balaban J connectivity index is 1.81. The molecule has 0 fully saturated rings. The molecule has 0 bridgehead atoms. The van der Waals surface area contributed by atoms with Crippen molar-refractivity contribution >= 4 is 33.1 Å². The minimum atomic E-state index is -0.657. The molecule has 0 amide bonds. The van der Waals surface area contributed by atoms with Crippen LogP contribution in [0.25, 0.3) is 10.2 Å². The Morgan fingerprint density at radius 2 is 1.78 bits per heavy atom. The lowest BCUT2D eigenvalue weighted by atomic mass is 10.1. The fourth-order valence-electron chi connectivity index (χ4n) is 2.96. The summed E-state index contributed by atoms with van der Waals surface area (Å²) >= 11 is 1.59. The maximum atomic E-state index is 14.1. The van der Waals surface area contributed by atoms with Gasteiger partial charge in [0.25, 0.3) is 0 Å². The van der Waals surface area contributed by atoms with Crippen LogP contribution in [0.1, 0.15) is 21.8 Å². The van der Waals surface area contributed by atoms with Gasteiger partial charge >= 0.3 is 0 Å². The molecule has 1 N–H and O–H groups in total. The highest BCUT2D eigenvalue weighted by Gasteiger charge is 2.16. The molecule has 0 aliphatic heterocycles. The molecule has 0 aliphatic rings. The van der Waals surface area contributed by atoms with E-state index in [0.29, 0.717) is 18.1 Å². The van der Waals surface area contributed by atoms with Gasteiger partial charge in [0, 0.05) is 17.4 Å². The lowest BCUT2D eigenvalue weighted by molar-refractivity contribution is 0.586. The average Bonchev–Trinajstić information content (AvgIpc) is 2.92. The van der Waals surface area contributed by atoms with Gasteiger partial charge in [-0.3, -0.25) is 0 Å². The second-order valence-electron chi connectivity index (χ2n) is 6.36. The summed E-state index contributed by atoms with van der Waals surface area (Å²) in [5.41, 5.74) is 2.34. The topological polar surface area (TPSA) is 37.8 Å². The van der Waals surface area contributed by atoms with Gasteiger partial charge in [0.15, 0.2) is 0 Å². The van der Waals surface area contributed by atoms with E-state index in [9.17, 15) is 8.78 Å². The lowest BCUT2D eigenvalue weighted by Gasteiger charge is -2.11. The van der Waals surface area contributed by atoms with Crippen LogP contribution in [0.5, 0.6) is 0 Å². The van der Waals surface area contributed by atoms with E-state index in [-0.39, 0.29) is 5.69 Å². The predicted molar refractivity (Wildman–Crippen MR) is 106 cm³/mol. The van der Waals surface area contributed by atoms with Crippen LogP contribution >= 0.6 is 11.3 Å². The Bertz CT molecular complexity index is 1120. The van der Waals surface area contributed by atoms with Crippen molar-refractivity contribution in [1.82, 2.24) is 9.97 Å². The third-order valence-corrected chi connectivity index (χ3v) is 5.57. The Labute approximate surface area is 159 Å². The molecule has 2 heterocycles. The van der Waals surface area contributed by atoms with Crippen LogP contribution in [0.15, 0.2) is 48.5 Å². The first-order valence-corrected chi connectivity index (χ1v) is 9.35. The Morgan fingerprint density at radius 3 is 2.52 bits per heavy atom. The van der Waals surface area contributed by atoms with Gasteiger partial charge in [-0.25, -0.2) is 18.7 Å². The summed E-state index contributed by atoms with van der Waals surface area (Å²) in [6.07, 6.45) is 0.577. The summed E-state index contributed by atoms with van der Waals surface area (Å²) in [4.78, 5) is 11.4. The minimum Gasteiger partial charge on any atom is -0.337 e. The zero-order valence-electron chi connectivity index (χ0n) is 14.9. The van der Waals surface area contributed by atoms with Crippen LogP contribution in [0.3, 0.4) is 0 Å². The zero-order valence-corrected chi connectivity index (χ0v) is 15.7. The van der Waals surface area contributed by atoms with Crippen LogP contribution in [-0.4, -0.2) is 9.97 Å². The standard InChI is InChI=1S/C21H17F2N3S/c1-12-13(2)27-21-19(12)20(24-17-9-8-15(22)11-16(17)23)25-18(26-21)10-14-6-4-3-5-7-14/h3-9,11H,10H2,1-2H3,(H,24,25,26).